The number of nitrogens with zero attached hydrogens (tertiary/aromatic N) is 2. The van der Waals surface area contributed by atoms with E-state index in [0.29, 0.717) is 29.7 Å². The molecule has 0 aliphatic carbocycles. The molecule has 0 bridgehead atoms. The lowest BCUT2D eigenvalue weighted by Crippen LogP contribution is -2.21. The van der Waals surface area contributed by atoms with E-state index >= 15 is 0 Å². The summed E-state index contributed by atoms with van der Waals surface area (Å²) in [7, 11) is -3.11. The van der Waals surface area contributed by atoms with Crippen LogP contribution < -0.4 is 4.72 Å². The van der Waals surface area contributed by atoms with Crippen molar-refractivity contribution in [3.05, 3.63) is 59.8 Å². The number of nitrogens with one attached hydrogen (secondary N) is 2. The van der Waals surface area contributed by atoms with Gasteiger partial charge in [-0.15, -0.1) is 0 Å². The van der Waals surface area contributed by atoms with Gasteiger partial charge in [0.2, 0.25) is 0 Å². The Morgan fingerprint density at radius 1 is 1.27 bits per heavy atom. The number of hydrogen-bond acceptors (Lipinski definition) is 4. The molecule has 2 N–H and O–H groups in total. The molecule has 1 heterocycles. The average molecular weight is 368 g/mol. The Bertz CT molecular complexity index is 1010. The van der Waals surface area contributed by atoms with Crippen LogP contribution in [0.2, 0.25) is 0 Å². The number of rotatable bonds is 7. The van der Waals surface area contributed by atoms with Crippen molar-refractivity contribution in [1.29, 1.82) is 5.26 Å². The number of nitriles is 1. The van der Waals surface area contributed by atoms with Crippen LogP contribution in [0.3, 0.4) is 0 Å². The minimum absolute atomic E-state index is 0.0284. The Hall–Kier alpha value is -2.98. The minimum atomic E-state index is -3.11. The van der Waals surface area contributed by atoms with Crippen molar-refractivity contribution >= 4 is 32.3 Å². The molecule has 3 rings (SSSR count). The standard InChI is InChI=1S/C19H20N4O2S/c1-26(25,13-24)23-17-11-5-9-16-18(21-22-19(16)17)15(10-6-12-20)14-7-3-2-4-8-14/h2-5,7-9,11,13,15,26H,6,10H2,1H3,(H,21,22)(H,23,25). The third kappa shape index (κ3) is 3.65. The van der Waals surface area contributed by atoms with Crippen LogP contribution in [0.15, 0.2) is 48.5 Å². The van der Waals surface area contributed by atoms with Gasteiger partial charge in [-0.3, -0.25) is 14.1 Å². The monoisotopic (exact) mass is 368 g/mol. The molecule has 3 aromatic rings. The fourth-order valence-electron chi connectivity index (χ4n) is 3.04. The van der Waals surface area contributed by atoms with Crippen molar-refractivity contribution in [1.82, 2.24) is 10.2 Å². The van der Waals surface area contributed by atoms with Crippen LogP contribution >= 0.6 is 0 Å². The summed E-state index contributed by atoms with van der Waals surface area (Å²) < 4.78 is 15.0. The molecule has 7 heteroatoms. The zero-order valence-electron chi connectivity index (χ0n) is 14.3. The lowest BCUT2D eigenvalue weighted by Gasteiger charge is -2.16. The number of aromatic amines is 1. The smallest absolute Gasteiger partial charge is 0.198 e. The second-order valence-corrected chi connectivity index (χ2v) is 8.62. The van der Waals surface area contributed by atoms with Gasteiger partial charge in [0.25, 0.3) is 0 Å². The SMILES string of the molecule is C[SH](=O)(C=O)Nc1cccc2c(C(CCC#N)c3ccccc3)n[nH]c12. The molecule has 0 fully saturated rings. The van der Waals surface area contributed by atoms with E-state index in [9.17, 15) is 9.00 Å². The van der Waals surface area contributed by atoms with Gasteiger partial charge in [-0.1, -0.05) is 42.5 Å². The number of benzene rings is 2. The van der Waals surface area contributed by atoms with E-state index in [1.165, 1.54) is 6.26 Å². The molecule has 0 amide bonds. The third-order valence-electron chi connectivity index (χ3n) is 4.25. The Morgan fingerprint density at radius 2 is 2.04 bits per heavy atom. The fourth-order valence-corrected chi connectivity index (χ4v) is 3.76. The summed E-state index contributed by atoms with van der Waals surface area (Å²) in [6.07, 6.45) is 2.45. The number of fused-ring (bicyclic) bond motifs is 1. The van der Waals surface area contributed by atoms with Gasteiger partial charge in [-0.05, 0) is 18.1 Å². The van der Waals surface area contributed by atoms with E-state index in [4.69, 9.17) is 5.26 Å². The zero-order chi connectivity index (χ0) is 18.6. The quantitative estimate of drug-likeness (QED) is 0.441. The van der Waals surface area contributed by atoms with Crippen molar-refractivity contribution in [3.8, 4) is 6.07 Å². The highest BCUT2D eigenvalue weighted by molar-refractivity contribution is 8.15. The average Bonchev–Trinajstić information content (AvgIpc) is 3.08. The molecule has 134 valence electrons. The van der Waals surface area contributed by atoms with E-state index in [0.717, 1.165) is 16.6 Å². The van der Waals surface area contributed by atoms with Gasteiger partial charge >= 0.3 is 0 Å². The van der Waals surface area contributed by atoms with Gasteiger partial charge in [0.1, 0.15) is 0 Å². The molecule has 0 radical (unpaired) electrons. The first-order chi connectivity index (χ1) is 12.6. The Kier molecular flexibility index (Phi) is 5.14. The minimum Gasteiger partial charge on any atom is -0.320 e. The topological polar surface area (TPSA) is 98.6 Å². The van der Waals surface area contributed by atoms with Gasteiger partial charge in [0.05, 0.1) is 23.0 Å². The van der Waals surface area contributed by atoms with E-state index < -0.39 is 10.1 Å². The van der Waals surface area contributed by atoms with Crippen LogP contribution in [-0.2, 0) is 14.9 Å². The number of anilines is 1. The highest BCUT2D eigenvalue weighted by Crippen LogP contribution is 2.34. The van der Waals surface area contributed by atoms with Crippen LogP contribution in [-0.4, -0.2) is 26.3 Å². The summed E-state index contributed by atoms with van der Waals surface area (Å²) in [6, 6.07) is 17.7. The molecule has 1 aromatic heterocycles. The van der Waals surface area contributed by atoms with E-state index in [2.05, 4.69) is 21.0 Å². The van der Waals surface area contributed by atoms with Crippen LogP contribution in [0.25, 0.3) is 10.9 Å². The van der Waals surface area contributed by atoms with Crippen molar-refractivity contribution in [2.75, 3.05) is 11.0 Å². The second-order valence-electron chi connectivity index (χ2n) is 6.20. The second kappa shape index (κ2) is 7.50. The van der Waals surface area contributed by atoms with Crippen molar-refractivity contribution in [2.24, 2.45) is 0 Å². The first-order valence-corrected chi connectivity index (χ1v) is 10.5. The largest absolute Gasteiger partial charge is 0.320 e. The predicted molar refractivity (Wildman–Crippen MR) is 105 cm³/mol. The lowest BCUT2D eigenvalue weighted by atomic mass is 9.89. The van der Waals surface area contributed by atoms with Crippen LogP contribution in [0.5, 0.6) is 0 Å². The number of thiol groups is 1. The Morgan fingerprint density at radius 3 is 2.73 bits per heavy atom. The van der Waals surface area contributed by atoms with E-state index in [1.54, 1.807) is 6.07 Å². The molecule has 1 atom stereocenters. The number of aromatic nitrogens is 2. The molecule has 1 unspecified atom stereocenters. The predicted octanol–water partition coefficient (Wildman–Crippen LogP) is 3.16. The first kappa shape index (κ1) is 17.8. The zero-order valence-corrected chi connectivity index (χ0v) is 15.2. The summed E-state index contributed by atoms with van der Waals surface area (Å²) in [5.41, 5.74) is 3.64. The third-order valence-corrected chi connectivity index (χ3v) is 5.34. The number of para-hydroxylation sites is 1. The number of carbonyl (C=O) groups is 1. The van der Waals surface area contributed by atoms with Crippen LogP contribution in [0, 0.1) is 11.3 Å². The van der Waals surface area contributed by atoms with Crippen LogP contribution in [0.1, 0.15) is 30.0 Å². The lowest BCUT2D eigenvalue weighted by molar-refractivity contribution is 0.566. The highest BCUT2D eigenvalue weighted by Gasteiger charge is 2.21. The molecule has 0 saturated carbocycles. The molecule has 0 aliphatic rings. The maximum absolute atomic E-state index is 12.1. The van der Waals surface area contributed by atoms with Crippen LogP contribution in [0.4, 0.5) is 5.69 Å². The fraction of sp³-hybridized carbons (Fsp3) is 0.211. The maximum Gasteiger partial charge on any atom is 0.198 e. The molecule has 2 aromatic carbocycles. The number of H-pyrrole nitrogens is 1. The van der Waals surface area contributed by atoms with Gasteiger partial charge in [0.15, 0.2) is 5.62 Å². The molecular weight excluding hydrogens is 348 g/mol. The normalized spacial score (nSPS) is 13.1. The van der Waals surface area contributed by atoms with Gasteiger partial charge in [-0.25, -0.2) is 0 Å². The van der Waals surface area contributed by atoms with Crippen molar-refractivity contribution < 1.29 is 9.00 Å². The van der Waals surface area contributed by atoms with E-state index in [1.807, 2.05) is 42.5 Å². The maximum atomic E-state index is 12.1. The Labute approximate surface area is 152 Å². The first-order valence-electron chi connectivity index (χ1n) is 8.26. The summed E-state index contributed by atoms with van der Waals surface area (Å²) in [5.74, 6) is -0.0284. The van der Waals surface area contributed by atoms with Gasteiger partial charge < -0.3 is 4.72 Å². The molecule has 6 nitrogen and oxygen atoms in total. The Balaban J connectivity index is 2.08. The molecule has 0 aliphatic heterocycles. The van der Waals surface area contributed by atoms with Crippen molar-refractivity contribution in [3.63, 3.8) is 0 Å². The van der Waals surface area contributed by atoms with Gasteiger partial charge in [0, 0.05) is 34.1 Å². The molecule has 0 spiro atoms. The summed E-state index contributed by atoms with van der Waals surface area (Å²) >= 11 is 0. The summed E-state index contributed by atoms with van der Waals surface area (Å²) in [6.45, 7) is 0. The number of hydrogen-bond donors (Lipinski definition) is 3. The van der Waals surface area contributed by atoms with Crippen molar-refractivity contribution in [2.45, 2.75) is 18.8 Å². The molecule has 0 saturated heterocycles. The molecular formula is C19H20N4O2S. The van der Waals surface area contributed by atoms with Gasteiger partial charge in [-0.2, -0.15) is 10.4 Å². The summed E-state index contributed by atoms with van der Waals surface area (Å²) in [4.78, 5) is 11.0. The highest BCUT2D eigenvalue weighted by atomic mass is 32.3. The molecule has 26 heavy (non-hydrogen) atoms. The number of carbonyl (C=O) groups excluding carboxylic acids is 1. The summed E-state index contributed by atoms with van der Waals surface area (Å²) in [5, 5.41) is 17.4. The van der Waals surface area contributed by atoms with E-state index in [-0.39, 0.29) is 5.92 Å².